The van der Waals surface area contributed by atoms with Crippen LogP contribution in [0, 0.1) is 27.6 Å². The van der Waals surface area contributed by atoms with E-state index in [4.69, 9.17) is 10.1 Å². The van der Waals surface area contributed by atoms with E-state index in [2.05, 4.69) is 15.9 Å². The smallest absolute Gasteiger partial charge is 0.264 e. The highest BCUT2D eigenvalue weighted by atomic mass is 79.9. The minimum absolute atomic E-state index is 0.0343. The second-order valence-electron chi connectivity index (χ2n) is 8.58. The second kappa shape index (κ2) is 9.48. The van der Waals surface area contributed by atoms with Gasteiger partial charge in [-0.05, 0) is 60.5 Å². The quantitative estimate of drug-likeness (QED) is 0.499. The van der Waals surface area contributed by atoms with E-state index in [1.165, 1.54) is 29.6 Å². The van der Waals surface area contributed by atoms with Crippen LogP contribution in [0.4, 0.5) is 0 Å². The van der Waals surface area contributed by atoms with Gasteiger partial charge in [0.25, 0.3) is 10.0 Å². The van der Waals surface area contributed by atoms with Crippen molar-refractivity contribution in [2.75, 3.05) is 7.11 Å². The Morgan fingerprint density at radius 2 is 1.75 bits per heavy atom. The Balaban J connectivity index is 1.85. The highest BCUT2D eigenvalue weighted by molar-refractivity contribution is 9.10. The molecule has 0 radical (unpaired) electrons. The lowest BCUT2D eigenvalue weighted by Gasteiger charge is -2.46. The predicted molar refractivity (Wildman–Crippen MR) is 136 cm³/mol. The number of hydrogen-bond donors (Lipinski definition) is 1. The van der Waals surface area contributed by atoms with Crippen molar-refractivity contribution in [1.82, 2.24) is 4.31 Å². The number of ketones is 2. The Morgan fingerprint density at radius 3 is 2.33 bits per heavy atom. The Hall–Kier alpha value is -3.55. The van der Waals surface area contributed by atoms with Crippen molar-refractivity contribution in [2.24, 2.45) is 10.8 Å². The molecule has 0 heterocycles. The van der Waals surface area contributed by atoms with E-state index < -0.39 is 32.4 Å². The summed E-state index contributed by atoms with van der Waals surface area (Å²) in [5.74, 6) is -0.534. The lowest BCUT2D eigenvalue weighted by atomic mass is 9.52. The summed E-state index contributed by atoms with van der Waals surface area (Å²) < 4.78 is 34.8. The Labute approximate surface area is 217 Å². The second-order valence-corrected chi connectivity index (χ2v) is 11.4. The molecule has 0 bridgehead atoms. The van der Waals surface area contributed by atoms with E-state index in [0.29, 0.717) is 15.8 Å². The third kappa shape index (κ3) is 3.98. The summed E-state index contributed by atoms with van der Waals surface area (Å²) in [5, 5.41) is 18.1. The standard InChI is InChI=1S/C26H22BrN3O5S/c1-35-21-6-2-18(3-7-21)15-30(36(33,34)22-8-4-19(27)5-9-22)20-12-13-25(16-28)23(31)10-11-24(32)26(25,14-20)17-29/h2-12,17,29H,13-15H2,1H3. The first kappa shape index (κ1) is 25.5. The fourth-order valence-corrected chi connectivity index (χ4v) is 6.39. The monoisotopic (exact) mass is 567 g/mol. The largest absolute Gasteiger partial charge is 0.497 e. The fourth-order valence-electron chi connectivity index (χ4n) is 4.63. The Kier molecular flexibility index (Phi) is 6.73. The molecule has 4 rings (SSSR count). The fraction of sp³-hybridized carbons (Fsp3) is 0.231. The van der Waals surface area contributed by atoms with E-state index >= 15 is 0 Å². The van der Waals surface area contributed by atoms with Gasteiger partial charge in [0.15, 0.2) is 11.6 Å². The van der Waals surface area contributed by atoms with E-state index in [1.54, 1.807) is 36.4 Å². The molecule has 2 atom stereocenters. The molecule has 10 heteroatoms. The predicted octanol–water partition coefficient (Wildman–Crippen LogP) is 4.18. The Bertz CT molecular complexity index is 1440. The normalized spacial score (nSPS) is 23.3. The zero-order chi connectivity index (χ0) is 26.1. The number of hydrogen-bond acceptors (Lipinski definition) is 7. The number of nitriles is 1. The molecule has 2 aromatic rings. The van der Waals surface area contributed by atoms with Crippen molar-refractivity contribution in [3.8, 4) is 11.8 Å². The van der Waals surface area contributed by atoms with Crippen LogP contribution in [0.5, 0.6) is 5.75 Å². The summed E-state index contributed by atoms with van der Waals surface area (Å²) in [4.78, 5) is 26.0. The molecule has 36 heavy (non-hydrogen) atoms. The molecule has 1 N–H and O–H groups in total. The number of benzene rings is 2. The first-order valence-corrected chi connectivity index (χ1v) is 13.2. The zero-order valence-electron chi connectivity index (χ0n) is 19.3. The molecule has 2 unspecified atom stereocenters. The molecular formula is C26H22BrN3O5S. The number of methoxy groups -OCH3 is 1. The topological polar surface area (TPSA) is 128 Å². The van der Waals surface area contributed by atoms with E-state index in [-0.39, 0.29) is 30.0 Å². The van der Waals surface area contributed by atoms with Crippen molar-refractivity contribution >= 4 is 43.7 Å². The maximum absolute atomic E-state index is 13.9. The van der Waals surface area contributed by atoms with Gasteiger partial charge in [-0.3, -0.25) is 13.9 Å². The van der Waals surface area contributed by atoms with E-state index in [1.807, 2.05) is 6.07 Å². The molecule has 2 aromatic carbocycles. The van der Waals surface area contributed by atoms with Crippen LogP contribution in [-0.2, 0) is 26.2 Å². The summed E-state index contributed by atoms with van der Waals surface area (Å²) in [5.41, 5.74) is -2.70. The number of rotatable bonds is 7. The molecule has 0 saturated carbocycles. The maximum Gasteiger partial charge on any atom is 0.264 e. The van der Waals surface area contributed by atoms with Crippen LogP contribution in [-0.4, -0.2) is 37.6 Å². The van der Waals surface area contributed by atoms with Gasteiger partial charge in [0, 0.05) is 22.8 Å². The van der Waals surface area contributed by atoms with Gasteiger partial charge in [0.05, 0.1) is 30.0 Å². The highest BCUT2D eigenvalue weighted by Gasteiger charge is 2.62. The first-order valence-electron chi connectivity index (χ1n) is 10.9. The van der Waals surface area contributed by atoms with Crippen molar-refractivity contribution in [1.29, 1.82) is 10.7 Å². The molecule has 2 aliphatic rings. The number of nitrogens with one attached hydrogen (secondary N) is 1. The number of fused-ring (bicyclic) bond motifs is 1. The van der Waals surface area contributed by atoms with E-state index in [9.17, 15) is 23.3 Å². The molecule has 0 aromatic heterocycles. The van der Waals surface area contributed by atoms with Gasteiger partial charge >= 0.3 is 0 Å². The van der Waals surface area contributed by atoms with Crippen LogP contribution in [0.15, 0.2) is 81.8 Å². The molecule has 8 nitrogen and oxygen atoms in total. The Morgan fingerprint density at radius 1 is 1.11 bits per heavy atom. The van der Waals surface area contributed by atoms with Gasteiger partial charge in [-0.25, -0.2) is 8.42 Å². The lowest BCUT2D eigenvalue weighted by Crippen LogP contribution is -2.56. The van der Waals surface area contributed by atoms with Gasteiger partial charge in [0.1, 0.15) is 11.2 Å². The molecule has 184 valence electrons. The van der Waals surface area contributed by atoms with Gasteiger partial charge in [-0.1, -0.05) is 34.1 Å². The van der Waals surface area contributed by atoms with Crippen molar-refractivity contribution in [3.63, 3.8) is 0 Å². The van der Waals surface area contributed by atoms with Gasteiger partial charge in [-0.15, -0.1) is 0 Å². The number of allylic oxidation sites excluding steroid dienone is 4. The van der Waals surface area contributed by atoms with Crippen LogP contribution in [0.3, 0.4) is 0 Å². The number of carbonyl (C=O) groups is 2. The molecule has 0 amide bonds. The van der Waals surface area contributed by atoms with E-state index in [0.717, 1.165) is 18.4 Å². The molecule has 0 fully saturated rings. The van der Waals surface area contributed by atoms with Crippen molar-refractivity contribution in [2.45, 2.75) is 24.3 Å². The van der Waals surface area contributed by atoms with Gasteiger partial charge < -0.3 is 10.1 Å². The molecular weight excluding hydrogens is 546 g/mol. The third-order valence-electron chi connectivity index (χ3n) is 6.76. The zero-order valence-corrected chi connectivity index (χ0v) is 21.7. The highest BCUT2D eigenvalue weighted by Crippen LogP contribution is 2.53. The summed E-state index contributed by atoms with van der Waals surface area (Å²) >= 11 is 3.31. The minimum Gasteiger partial charge on any atom is -0.497 e. The van der Waals surface area contributed by atoms with Gasteiger partial charge in [0.2, 0.25) is 0 Å². The van der Waals surface area contributed by atoms with Crippen LogP contribution in [0.25, 0.3) is 0 Å². The molecule has 0 saturated heterocycles. The average Bonchev–Trinajstić information content (AvgIpc) is 2.89. The first-order chi connectivity index (χ1) is 17.1. The summed E-state index contributed by atoms with van der Waals surface area (Å²) in [6, 6.07) is 15.0. The van der Waals surface area contributed by atoms with Crippen LogP contribution >= 0.6 is 15.9 Å². The summed E-state index contributed by atoms with van der Waals surface area (Å²) in [7, 11) is -2.59. The molecule has 0 spiro atoms. The maximum atomic E-state index is 13.9. The number of carbonyl (C=O) groups excluding carboxylic acids is 2. The molecule has 2 aliphatic carbocycles. The third-order valence-corrected chi connectivity index (χ3v) is 9.10. The van der Waals surface area contributed by atoms with Crippen molar-refractivity contribution in [3.05, 3.63) is 82.5 Å². The number of halogens is 1. The lowest BCUT2D eigenvalue weighted by molar-refractivity contribution is -0.136. The van der Waals surface area contributed by atoms with Crippen LogP contribution in [0.2, 0.25) is 0 Å². The average molecular weight is 568 g/mol. The number of sulfonamides is 1. The van der Waals surface area contributed by atoms with Gasteiger partial charge in [-0.2, -0.15) is 5.26 Å². The SMILES string of the molecule is COc1ccc(CN(C2=CCC3(C#N)C(=O)C=CC(=O)C3(C=N)C2)S(=O)(=O)c2ccc(Br)cc2)cc1. The summed E-state index contributed by atoms with van der Waals surface area (Å²) in [6.45, 7) is -0.0696. The van der Waals surface area contributed by atoms with Crippen LogP contribution in [0.1, 0.15) is 18.4 Å². The number of nitrogens with zero attached hydrogens (tertiary/aromatic N) is 2. The van der Waals surface area contributed by atoms with Crippen LogP contribution < -0.4 is 4.74 Å². The van der Waals surface area contributed by atoms with Crippen molar-refractivity contribution < 1.29 is 22.7 Å². The summed E-state index contributed by atoms with van der Waals surface area (Å²) in [6.07, 6.45) is 4.01. The molecule has 0 aliphatic heterocycles. The number of ether oxygens (including phenoxy) is 1. The minimum atomic E-state index is -4.12.